The summed E-state index contributed by atoms with van der Waals surface area (Å²) in [7, 11) is 0.828. The molecule has 9 fully saturated rings. The molecule has 5 saturated heterocycles. The fourth-order valence-corrected chi connectivity index (χ4v) is 12.8. The topological polar surface area (TPSA) is 105 Å². The molecular weight excluding hydrogens is 540 g/mol. The first-order chi connectivity index (χ1) is 20.7. The van der Waals surface area contributed by atoms with Crippen LogP contribution in [0.1, 0.15) is 96.3 Å². The summed E-state index contributed by atoms with van der Waals surface area (Å²) in [5, 5.41) is 33.8. The Balaban J connectivity index is 1.06. The van der Waals surface area contributed by atoms with Crippen LogP contribution in [0, 0.1) is 47.3 Å². The molecule has 9 aliphatic rings. The average molecular weight is 599 g/mol. The predicted molar refractivity (Wildman–Crippen MR) is 167 cm³/mol. The third-order valence-corrected chi connectivity index (χ3v) is 14.7. The zero-order chi connectivity index (χ0) is 27.8. The molecule has 0 aromatic rings. The van der Waals surface area contributed by atoms with Gasteiger partial charge < -0.3 is 4.43 Å². The minimum atomic E-state index is 0.299. The van der Waals surface area contributed by atoms with Crippen molar-refractivity contribution >= 4 is 10.5 Å². The number of hydrogen-bond acceptors (Lipinski definition) is 9. The first kappa shape index (κ1) is 28.1. The van der Waals surface area contributed by atoms with Crippen LogP contribution in [0.5, 0.6) is 0 Å². The first-order valence-electron chi connectivity index (χ1n) is 18.4. The van der Waals surface area contributed by atoms with E-state index in [2.05, 4.69) is 42.5 Å². The van der Waals surface area contributed by atoms with Gasteiger partial charge in [-0.05, 0) is 92.8 Å². The quantitative estimate of drug-likeness (QED) is 0.209. The van der Waals surface area contributed by atoms with Crippen LogP contribution in [-0.4, -0.2) is 65.9 Å². The highest BCUT2D eigenvalue weighted by Crippen LogP contribution is 2.46. The van der Waals surface area contributed by atoms with Crippen molar-refractivity contribution in [3.05, 3.63) is 0 Å². The standard InChI is InChI=1S/C32H58N8OSi/c42-41-23-15-7-14-22-24(23)32-39-30-21-13-6-5-12-20(21)28(37-30)35-26-17-9-2-1-8-16(17)25(33-26)34-27-18-10-3-4-11-19(18)29(36-27)38-31(22)40-32/h16-40H,1-15H2,42H3. The van der Waals surface area contributed by atoms with Gasteiger partial charge in [0, 0.05) is 12.0 Å². The van der Waals surface area contributed by atoms with E-state index >= 15 is 0 Å². The molecule has 17 unspecified atom stereocenters. The molecule has 5 heterocycles. The van der Waals surface area contributed by atoms with Crippen LogP contribution in [0.4, 0.5) is 0 Å². The van der Waals surface area contributed by atoms with Gasteiger partial charge in [-0.3, -0.25) is 42.5 Å². The Morgan fingerprint density at radius 1 is 0.333 bits per heavy atom. The summed E-state index contributed by atoms with van der Waals surface area (Å²) in [4.78, 5) is 0. The van der Waals surface area contributed by atoms with Crippen molar-refractivity contribution in [2.24, 2.45) is 47.3 Å². The van der Waals surface area contributed by atoms with Crippen molar-refractivity contribution in [1.29, 1.82) is 0 Å². The fourth-order valence-electron chi connectivity index (χ4n) is 12.3. The summed E-state index contributed by atoms with van der Waals surface area (Å²) in [6.45, 7) is 0. The lowest BCUT2D eigenvalue weighted by atomic mass is 9.75. The highest BCUT2D eigenvalue weighted by Gasteiger charge is 2.55. The number of nitrogens with one attached hydrogen (secondary N) is 8. The minimum Gasteiger partial charge on any atom is -0.425 e. The van der Waals surface area contributed by atoms with E-state index in [4.69, 9.17) is 4.43 Å². The highest BCUT2D eigenvalue weighted by atomic mass is 28.2. The number of rotatable bonds is 1. The maximum absolute atomic E-state index is 6.36. The van der Waals surface area contributed by atoms with Crippen molar-refractivity contribution < 1.29 is 4.43 Å². The van der Waals surface area contributed by atoms with E-state index in [0.29, 0.717) is 85.0 Å². The zero-order valence-corrected chi connectivity index (χ0v) is 27.8. The largest absolute Gasteiger partial charge is 0.425 e. The fraction of sp³-hybridized carbons (Fsp3) is 1.00. The van der Waals surface area contributed by atoms with E-state index in [-0.39, 0.29) is 0 Å². The molecule has 9 nitrogen and oxygen atoms in total. The van der Waals surface area contributed by atoms with Gasteiger partial charge in [0.1, 0.15) is 10.5 Å². The predicted octanol–water partition coefficient (Wildman–Crippen LogP) is 0.881. The van der Waals surface area contributed by atoms with Crippen LogP contribution in [0.2, 0.25) is 0 Å². The zero-order valence-electron chi connectivity index (χ0n) is 25.8. The van der Waals surface area contributed by atoms with E-state index in [0.717, 1.165) is 28.2 Å². The van der Waals surface area contributed by atoms with Crippen molar-refractivity contribution in [2.75, 3.05) is 0 Å². The Morgan fingerprint density at radius 2 is 0.619 bits per heavy atom. The van der Waals surface area contributed by atoms with E-state index in [1.165, 1.54) is 96.3 Å². The normalized spacial score (nSPS) is 57.3. The second kappa shape index (κ2) is 11.6. The molecule has 5 aliphatic heterocycles. The summed E-state index contributed by atoms with van der Waals surface area (Å²) in [6, 6.07) is 0. The minimum absolute atomic E-state index is 0.299. The summed E-state index contributed by atoms with van der Waals surface area (Å²) >= 11 is 0. The van der Waals surface area contributed by atoms with Gasteiger partial charge in [0.15, 0.2) is 0 Å². The average Bonchev–Trinajstić information content (AvgIpc) is 3.76. The van der Waals surface area contributed by atoms with Gasteiger partial charge >= 0.3 is 0 Å². The molecule has 0 aromatic carbocycles. The number of hydrogen-bond donors (Lipinski definition) is 8. The van der Waals surface area contributed by atoms with Crippen molar-refractivity contribution in [1.82, 2.24) is 42.5 Å². The molecule has 4 saturated carbocycles. The summed E-state index contributed by atoms with van der Waals surface area (Å²) in [5.74, 6) is 5.48. The maximum atomic E-state index is 6.36. The molecule has 0 aromatic heterocycles. The van der Waals surface area contributed by atoms with Crippen LogP contribution < -0.4 is 42.5 Å². The van der Waals surface area contributed by atoms with Crippen LogP contribution in [-0.2, 0) is 4.43 Å². The van der Waals surface area contributed by atoms with Crippen LogP contribution >= 0.6 is 0 Å². The molecule has 9 rings (SSSR count). The summed E-state index contributed by atoms with van der Waals surface area (Å²) < 4.78 is 6.36. The van der Waals surface area contributed by atoms with E-state index < -0.39 is 0 Å². The number of fused-ring (bicyclic) bond motifs is 20. The van der Waals surface area contributed by atoms with Crippen molar-refractivity contribution in [3.8, 4) is 0 Å². The van der Waals surface area contributed by atoms with E-state index in [1.54, 1.807) is 0 Å². The molecule has 8 bridgehead atoms. The second-order valence-electron chi connectivity index (χ2n) is 15.9. The third-order valence-electron chi connectivity index (χ3n) is 14.1. The SMILES string of the molecule is [SiH3]OC1CCCC2C3NC4NC(NC5NC(NC6NC(NC(N3)C12)C1CCCCC61)C1CCCCC51)C1CCCCC41. The van der Waals surface area contributed by atoms with Gasteiger partial charge in [-0.15, -0.1) is 0 Å². The van der Waals surface area contributed by atoms with Gasteiger partial charge in [-0.2, -0.15) is 0 Å². The van der Waals surface area contributed by atoms with Crippen LogP contribution in [0.3, 0.4) is 0 Å². The Hall–Kier alpha value is -0.143. The molecule has 0 spiro atoms. The summed E-state index contributed by atoms with van der Waals surface area (Å²) in [6.07, 6.45) is 23.6. The smallest absolute Gasteiger partial charge is 0.146 e. The van der Waals surface area contributed by atoms with E-state index in [9.17, 15) is 0 Å². The molecule has 10 heteroatoms. The Kier molecular flexibility index (Phi) is 7.75. The monoisotopic (exact) mass is 598 g/mol. The van der Waals surface area contributed by atoms with Crippen molar-refractivity contribution in [2.45, 2.75) is 152 Å². The van der Waals surface area contributed by atoms with Crippen LogP contribution in [0.25, 0.3) is 0 Å². The summed E-state index contributed by atoms with van der Waals surface area (Å²) in [5.41, 5.74) is 0. The van der Waals surface area contributed by atoms with Gasteiger partial charge in [-0.25, -0.2) is 0 Å². The Bertz CT molecular complexity index is 975. The van der Waals surface area contributed by atoms with Gasteiger partial charge in [-0.1, -0.05) is 44.9 Å². The maximum Gasteiger partial charge on any atom is 0.146 e. The van der Waals surface area contributed by atoms with Gasteiger partial charge in [0.25, 0.3) is 0 Å². The second-order valence-corrected chi connectivity index (χ2v) is 16.4. The van der Waals surface area contributed by atoms with Crippen LogP contribution in [0.15, 0.2) is 0 Å². The molecule has 0 radical (unpaired) electrons. The molecule has 4 aliphatic carbocycles. The van der Waals surface area contributed by atoms with Crippen molar-refractivity contribution in [3.63, 3.8) is 0 Å². The van der Waals surface area contributed by atoms with E-state index in [1.807, 2.05) is 0 Å². The molecule has 0 amide bonds. The lowest BCUT2D eigenvalue weighted by Gasteiger charge is -2.39. The Morgan fingerprint density at radius 3 is 0.952 bits per heavy atom. The lowest BCUT2D eigenvalue weighted by Crippen LogP contribution is -2.62. The van der Waals surface area contributed by atoms with Gasteiger partial charge in [0.05, 0.1) is 49.3 Å². The third kappa shape index (κ3) is 4.72. The first-order valence-corrected chi connectivity index (χ1v) is 19.2. The Labute approximate surface area is 256 Å². The molecule has 8 N–H and O–H groups in total. The molecule has 236 valence electrons. The molecule has 17 atom stereocenters. The highest BCUT2D eigenvalue weighted by molar-refractivity contribution is 5.98. The lowest BCUT2D eigenvalue weighted by molar-refractivity contribution is 0.0486. The molecule has 42 heavy (non-hydrogen) atoms. The molecular formula is C32H58N8OSi. The van der Waals surface area contributed by atoms with Gasteiger partial charge in [0.2, 0.25) is 0 Å².